The Morgan fingerprint density at radius 1 is 1.15 bits per heavy atom. The molecule has 102 valence electrons. The van der Waals surface area contributed by atoms with Gasteiger partial charge in [0.15, 0.2) is 0 Å². The van der Waals surface area contributed by atoms with E-state index >= 15 is 0 Å². The minimum atomic E-state index is -0.307. The van der Waals surface area contributed by atoms with Crippen LogP contribution in [0.4, 0.5) is 5.82 Å². The van der Waals surface area contributed by atoms with Gasteiger partial charge in [-0.1, -0.05) is 37.3 Å². The molecule has 0 bridgehead atoms. The first-order valence-corrected chi connectivity index (χ1v) is 7.28. The highest BCUT2D eigenvalue weighted by Crippen LogP contribution is 2.33. The number of hydrogen-bond donors (Lipinski definition) is 1. The average Bonchev–Trinajstić information content (AvgIpc) is 2.48. The second-order valence-corrected chi connectivity index (χ2v) is 5.61. The van der Waals surface area contributed by atoms with Gasteiger partial charge < -0.3 is 5.32 Å². The summed E-state index contributed by atoms with van der Waals surface area (Å²) in [5, 5.41) is 4.66. The highest BCUT2D eigenvalue weighted by molar-refractivity contribution is 6.28. The molecule has 3 rings (SSSR count). The van der Waals surface area contributed by atoms with Gasteiger partial charge >= 0.3 is 0 Å². The number of benzene rings is 1. The average molecular weight is 286 g/mol. The molecule has 3 nitrogen and oxygen atoms in total. The smallest absolute Gasteiger partial charge is 0.224 e. The number of rotatable bonds is 2. The van der Waals surface area contributed by atoms with Crippen LogP contribution in [0.1, 0.15) is 32.1 Å². The second-order valence-electron chi connectivity index (χ2n) is 5.27. The van der Waals surface area contributed by atoms with Crippen LogP contribution in [-0.4, -0.2) is 15.5 Å². The Morgan fingerprint density at radius 2 is 1.90 bits per heavy atom. The van der Waals surface area contributed by atoms with Crippen LogP contribution in [0.25, 0.3) is 10.9 Å². The minimum Gasteiger partial charge on any atom is -0.353 e. The van der Waals surface area contributed by atoms with Crippen molar-refractivity contribution in [1.29, 1.82) is 0 Å². The number of terminal acetylenes is 1. The zero-order valence-corrected chi connectivity index (χ0v) is 12.0. The van der Waals surface area contributed by atoms with Gasteiger partial charge in [-0.05, 0) is 36.6 Å². The van der Waals surface area contributed by atoms with Crippen molar-refractivity contribution in [1.82, 2.24) is 9.97 Å². The van der Waals surface area contributed by atoms with Crippen molar-refractivity contribution in [2.75, 3.05) is 5.32 Å². The molecular formula is C16H16ClN3. The van der Waals surface area contributed by atoms with Crippen molar-refractivity contribution in [3.05, 3.63) is 29.5 Å². The van der Waals surface area contributed by atoms with Gasteiger partial charge in [-0.15, -0.1) is 6.42 Å². The quantitative estimate of drug-likeness (QED) is 0.669. The number of halogens is 1. The van der Waals surface area contributed by atoms with E-state index in [1.807, 2.05) is 24.3 Å². The molecule has 0 spiro atoms. The van der Waals surface area contributed by atoms with Crippen molar-refractivity contribution >= 4 is 28.3 Å². The summed E-state index contributed by atoms with van der Waals surface area (Å²) < 4.78 is 0. The van der Waals surface area contributed by atoms with Crippen LogP contribution < -0.4 is 5.32 Å². The van der Waals surface area contributed by atoms with Crippen molar-refractivity contribution in [3.8, 4) is 12.3 Å². The molecule has 0 saturated heterocycles. The highest BCUT2D eigenvalue weighted by Gasteiger charge is 2.30. The van der Waals surface area contributed by atoms with E-state index in [0.717, 1.165) is 42.4 Å². The molecule has 0 atom stereocenters. The lowest BCUT2D eigenvalue weighted by atomic mass is 9.82. The number of para-hydroxylation sites is 1. The molecule has 1 aromatic heterocycles. The molecule has 2 aromatic rings. The first kappa shape index (κ1) is 13.2. The van der Waals surface area contributed by atoms with Gasteiger partial charge in [-0.3, -0.25) is 0 Å². The Balaban J connectivity index is 2.04. The summed E-state index contributed by atoms with van der Waals surface area (Å²) in [6.07, 6.45) is 11.3. The largest absolute Gasteiger partial charge is 0.353 e. The summed E-state index contributed by atoms with van der Waals surface area (Å²) in [6, 6.07) is 7.82. The third-order valence-corrected chi connectivity index (χ3v) is 4.09. The van der Waals surface area contributed by atoms with Crippen LogP contribution in [0, 0.1) is 12.3 Å². The summed E-state index contributed by atoms with van der Waals surface area (Å²) >= 11 is 6.02. The number of fused-ring (bicyclic) bond motifs is 1. The van der Waals surface area contributed by atoms with Crippen molar-refractivity contribution in [2.24, 2.45) is 0 Å². The topological polar surface area (TPSA) is 37.8 Å². The fourth-order valence-corrected chi connectivity index (χ4v) is 3.01. The summed E-state index contributed by atoms with van der Waals surface area (Å²) in [7, 11) is 0. The molecule has 1 fully saturated rings. The molecular weight excluding hydrogens is 270 g/mol. The third-order valence-electron chi connectivity index (χ3n) is 3.92. The zero-order chi connectivity index (χ0) is 14.0. The Bertz CT molecular complexity index is 669. The SMILES string of the molecule is C#CC1(Nc2nc(Cl)nc3ccccc23)CCCCC1. The molecule has 4 heteroatoms. The maximum atomic E-state index is 6.02. The molecule has 0 radical (unpaired) electrons. The normalized spacial score (nSPS) is 17.6. The lowest BCUT2D eigenvalue weighted by Crippen LogP contribution is -2.39. The summed E-state index contributed by atoms with van der Waals surface area (Å²) in [5.74, 6) is 3.67. The Hall–Kier alpha value is -1.79. The monoisotopic (exact) mass is 285 g/mol. The molecule has 0 unspecified atom stereocenters. The molecule has 0 aliphatic heterocycles. The van der Waals surface area contributed by atoms with Crippen LogP contribution in [0.3, 0.4) is 0 Å². The van der Waals surface area contributed by atoms with Crippen LogP contribution in [0.15, 0.2) is 24.3 Å². The Labute approximate surface area is 123 Å². The first-order valence-electron chi connectivity index (χ1n) is 6.91. The lowest BCUT2D eigenvalue weighted by molar-refractivity contribution is 0.395. The molecule has 1 N–H and O–H groups in total. The van der Waals surface area contributed by atoms with Gasteiger partial charge in [0.05, 0.1) is 11.1 Å². The Kier molecular flexibility index (Phi) is 3.50. The molecule has 20 heavy (non-hydrogen) atoms. The van der Waals surface area contributed by atoms with E-state index in [4.69, 9.17) is 18.0 Å². The molecule has 1 aliphatic carbocycles. The van der Waals surface area contributed by atoms with E-state index in [1.54, 1.807) is 0 Å². The summed E-state index contributed by atoms with van der Waals surface area (Å²) in [4.78, 5) is 8.58. The van der Waals surface area contributed by atoms with E-state index < -0.39 is 0 Å². The van der Waals surface area contributed by atoms with Gasteiger partial charge in [-0.2, -0.15) is 0 Å². The van der Waals surface area contributed by atoms with Gasteiger partial charge in [-0.25, -0.2) is 9.97 Å². The third kappa shape index (κ3) is 2.44. The summed E-state index contributed by atoms with van der Waals surface area (Å²) in [6.45, 7) is 0. The van der Waals surface area contributed by atoms with Crippen molar-refractivity contribution in [2.45, 2.75) is 37.6 Å². The predicted molar refractivity (Wildman–Crippen MR) is 82.8 cm³/mol. The minimum absolute atomic E-state index is 0.245. The van der Waals surface area contributed by atoms with E-state index in [0.29, 0.717) is 0 Å². The van der Waals surface area contributed by atoms with E-state index in [9.17, 15) is 0 Å². The van der Waals surface area contributed by atoms with Gasteiger partial charge in [0.25, 0.3) is 0 Å². The standard InChI is InChI=1S/C16H16ClN3/c1-2-16(10-6-3-7-11-16)20-14-12-8-4-5-9-13(12)18-15(17)19-14/h1,4-5,8-9H,3,6-7,10-11H2,(H,18,19,20). The van der Waals surface area contributed by atoms with Crippen LogP contribution in [0.2, 0.25) is 5.28 Å². The van der Waals surface area contributed by atoms with Crippen molar-refractivity contribution < 1.29 is 0 Å². The number of hydrogen-bond acceptors (Lipinski definition) is 3. The highest BCUT2D eigenvalue weighted by atomic mass is 35.5. The zero-order valence-electron chi connectivity index (χ0n) is 11.2. The molecule has 1 aromatic carbocycles. The first-order chi connectivity index (χ1) is 9.72. The van der Waals surface area contributed by atoms with Crippen LogP contribution in [0.5, 0.6) is 0 Å². The van der Waals surface area contributed by atoms with Gasteiger partial charge in [0, 0.05) is 5.39 Å². The van der Waals surface area contributed by atoms with Crippen molar-refractivity contribution in [3.63, 3.8) is 0 Å². The second kappa shape index (κ2) is 5.30. The maximum absolute atomic E-state index is 6.02. The molecule has 1 aliphatic rings. The molecule has 1 saturated carbocycles. The molecule has 1 heterocycles. The predicted octanol–water partition coefficient (Wildman–Crippen LogP) is 4.03. The number of nitrogens with zero attached hydrogens (tertiary/aromatic N) is 2. The summed E-state index contributed by atoms with van der Waals surface area (Å²) in [5.41, 5.74) is 0.525. The van der Waals surface area contributed by atoms with Gasteiger partial charge in [0.2, 0.25) is 5.28 Å². The van der Waals surface area contributed by atoms with Crippen LogP contribution in [-0.2, 0) is 0 Å². The van der Waals surface area contributed by atoms with E-state index in [-0.39, 0.29) is 10.8 Å². The fourth-order valence-electron chi connectivity index (χ4n) is 2.83. The van der Waals surface area contributed by atoms with Crippen LogP contribution >= 0.6 is 11.6 Å². The lowest BCUT2D eigenvalue weighted by Gasteiger charge is -2.34. The molecule has 0 amide bonds. The maximum Gasteiger partial charge on any atom is 0.224 e. The number of aromatic nitrogens is 2. The van der Waals surface area contributed by atoms with Gasteiger partial charge in [0.1, 0.15) is 5.82 Å². The van der Waals surface area contributed by atoms with E-state index in [1.165, 1.54) is 6.42 Å². The Morgan fingerprint density at radius 3 is 2.65 bits per heavy atom. The number of nitrogens with one attached hydrogen (secondary N) is 1. The number of anilines is 1. The van der Waals surface area contributed by atoms with E-state index in [2.05, 4.69) is 21.2 Å². The fraction of sp³-hybridized carbons (Fsp3) is 0.375.